The first kappa shape index (κ1) is 12.8. The Morgan fingerprint density at radius 2 is 1.94 bits per heavy atom. The van der Waals surface area contributed by atoms with E-state index in [0.29, 0.717) is 0 Å². The number of fused-ring (bicyclic) bond motifs is 1. The number of hydrogen-bond donors (Lipinski definition) is 3. The van der Waals surface area contributed by atoms with Gasteiger partial charge in [-0.2, -0.15) is 0 Å². The van der Waals surface area contributed by atoms with Crippen LogP contribution in [0.3, 0.4) is 0 Å². The van der Waals surface area contributed by atoms with Gasteiger partial charge in [0.15, 0.2) is 9.96 Å². The molecule has 0 bridgehead atoms. The van der Waals surface area contributed by atoms with Crippen LogP contribution in [0.4, 0.5) is 0 Å². The molecule has 0 aliphatic rings. The Kier molecular flexibility index (Phi) is 5.04. The number of nitrogens with zero attached hydrogens (tertiary/aromatic N) is 2. The van der Waals surface area contributed by atoms with E-state index in [1.54, 1.807) is 12.5 Å². The fourth-order valence-corrected chi connectivity index (χ4v) is 1.31. The molecule has 10 heteroatoms. The summed E-state index contributed by atoms with van der Waals surface area (Å²) in [5.74, 6) is 0. The van der Waals surface area contributed by atoms with Crippen LogP contribution in [0.25, 0.3) is 11.2 Å². The first-order valence-corrected chi connectivity index (χ1v) is 6.10. The van der Waals surface area contributed by atoms with Gasteiger partial charge in [-0.15, -0.1) is 9.79 Å². The minimum absolute atomic E-state index is 0.775. The monoisotopic (exact) mass is 263 g/mol. The van der Waals surface area contributed by atoms with Crippen LogP contribution in [0.5, 0.6) is 0 Å². The highest BCUT2D eigenvalue weighted by molar-refractivity contribution is 7.46. The predicted molar refractivity (Wildman–Crippen MR) is 54.6 cm³/mol. The fraction of sp³-hybridized carbons (Fsp3) is 0. The lowest BCUT2D eigenvalue weighted by molar-refractivity contribution is 0.371. The van der Waals surface area contributed by atoms with Crippen molar-refractivity contribution in [2.45, 2.75) is 0 Å². The van der Waals surface area contributed by atoms with E-state index in [0.717, 1.165) is 11.2 Å². The highest BCUT2D eigenvalue weighted by Gasteiger charge is 2.31. The molecule has 2 rings (SSSR count). The number of imidazole rings is 1. The number of aromatic amines is 1. The highest BCUT2D eigenvalue weighted by atomic mass is 31.2. The van der Waals surface area contributed by atoms with Crippen LogP contribution in [-0.2, 0) is 13.4 Å². The van der Waals surface area contributed by atoms with Crippen molar-refractivity contribution in [1.82, 2.24) is 15.0 Å². The molecule has 0 amide bonds. The average molecular weight is 263 g/mol. The molecule has 0 saturated carbocycles. The summed E-state index contributed by atoms with van der Waals surface area (Å²) in [5.41, 5.74) is 1.76. The van der Waals surface area contributed by atoms with E-state index in [1.807, 2.05) is 12.1 Å². The largest absolute Gasteiger partial charge is 0.745 e. The fourth-order valence-electron chi connectivity index (χ4n) is 0.835. The number of hydrogen-bond acceptors (Lipinski definition) is 5. The Labute approximate surface area is 91.2 Å². The number of nitrogens with one attached hydrogen (secondary N) is 1. The molecule has 0 aromatic carbocycles. The van der Waals surface area contributed by atoms with Crippen LogP contribution in [-0.4, -0.2) is 24.7 Å². The van der Waals surface area contributed by atoms with Gasteiger partial charge in [0.1, 0.15) is 0 Å². The summed E-state index contributed by atoms with van der Waals surface area (Å²) < 4.78 is 22.2. The first-order valence-electron chi connectivity index (χ1n) is 3.84. The Morgan fingerprint density at radius 1 is 1.25 bits per heavy atom. The van der Waals surface area contributed by atoms with Gasteiger partial charge in [-0.05, 0) is 12.1 Å². The number of rotatable bonds is 2. The zero-order chi connectivity index (χ0) is 12.0. The van der Waals surface area contributed by atoms with Crippen molar-refractivity contribution < 1.29 is 23.2 Å². The lowest BCUT2D eigenvalue weighted by Gasteiger charge is -1.80. The van der Waals surface area contributed by atoms with Crippen LogP contribution >= 0.6 is 16.5 Å². The summed E-state index contributed by atoms with van der Waals surface area (Å²) in [5, 5.41) is 0. The third-order valence-electron chi connectivity index (χ3n) is 1.33. The summed E-state index contributed by atoms with van der Waals surface area (Å²) in [6, 6.07) is 3.82. The van der Waals surface area contributed by atoms with Gasteiger partial charge >= 0.3 is 16.5 Å². The Morgan fingerprint density at radius 3 is 2.44 bits per heavy atom. The van der Waals surface area contributed by atoms with Crippen molar-refractivity contribution in [2.75, 3.05) is 0 Å². The van der Waals surface area contributed by atoms with Gasteiger partial charge in [-0.1, -0.05) is 0 Å². The summed E-state index contributed by atoms with van der Waals surface area (Å²) in [4.78, 5) is 26.2. The maximum Gasteiger partial charge on any atom is 0.745 e. The summed E-state index contributed by atoms with van der Waals surface area (Å²) in [6.07, 6.45) is 3.36. The van der Waals surface area contributed by atoms with E-state index >= 15 is 0 Å². The highest BCUT2D eigenvalue weighted by Crippen LogP contribution is 2.30. The second-order valence-electron chi connectivity index (χ2n) is 2.33. The Balaban J connectivity index is 0.000000168. The standard InChI is InChI=1S/C6H5N3.O5P2/c1-2-5-6(7-3-1)9-4-8-5;1-6(2)5-7(3)4/h1-4H,(H,7,8,9);/p+2. The van der Waals surface area contributed by atoms with Gasteiger partial charge in [0.25, 0.3) is 0 Å². The average Bonchev–Trinajstić information content (AvgIpc) is 2.63. The van der Waals surface area contributed by atoms with E-state index in [4.69, 9.17) is 9.79 Å². The lowest BCUT2D eigenvalue weighted by atomic mass is 10.4. The van der Waals surface area contributed by atoms with Crippen LogP contribution < -0.4 is 0 Å². The topological polar surface area (TPSA) is 125 Å². The molecule has 2 aromatic rings. The molecule has 84 valence electrons. The molecular weight excluding hydrogens is 256 g/mol. The second-order valence-corrected chi connectivity index (χ2v) is 3.94. The second kappa shape index (κ2) is 6.32. The van der Waals surface area contributed by atoms with E-state index in [-0.39, 0.29) is 0 Å². The van der Waals surface area contributed by atoms with E-state index < -0.39 is 16.5 Å². The molecule has 2 heterocycles. The van der Waals surface area contributed by atoms with Crippen molar-refractivity contribution in [3.8, 4) is 0 Å². The molecule has 3 N–H and O–H groups in total. The quantitative estimate of drug-likeness (QED) is 0.696. The van der Waals surface area contributed by atoms with E-state index in [2.05, 4.69) is 19.3 Å². The summed E-state index contributed by atoms with van der Waals surface area (Å²) in [7, 11) is -5.85. The zero-order valence-electron chi connectivity index (χ0n) is 7.72. The van der Waals surface area contributed by atoms with Crippen molar-refractivity contribution in [2.24, 2.45) is 0 Å². The summed E-state index contributed by atoms with van der Waals surface area (Å²) >= 11 is 0. The zero-order valence-corrected chi connectivity index (χ0v) is 9.51. The molecule has 16 heavy (non-hydrogen) atoms. The summed E-state index contributed by atoms with van der Waals surface area (Å²) in [6.45, 7) is 0. The van der Waals surface area contributed by atoms with Gasteiger partial charge in [-0.25, -0.2) is 9.97 Å². The number of aromatic nitrogens is 3. The van der Waals surface area contributed by atoms with Gasteiger partial charge < -0.3 is 4.98 Å². The van der Waals surface area contributed by atoms with Gasteiger partial charge in [0.2, 0.25) is 0 Å². The van der Waals surface area contributed by atoms with E-state index in [9.17, 15) is 9.13 Å². The molecule has 0 radical (unpaired) electrons. The number of pyridine rings is 1. The molecule has 0 spiro atoms. The molecule has 0 aliphatic carbocycles. The Hall–Kier alpha value is -1.30. The molecule has 0 aliphatic heterocycles. The van der Waals surface area contributed by atoms with Gasteiger partial charge in [0, 0.05) is 15.3 Å². The number of H-pyrrole nitrogens is 1. The smallest absolute Gasteiger partial charge is 0.343 e. The Bertz CT molecular complexity index is 459. The molecule has 0 fully saturated rings. The van der Waals surface area contributed by atoms with Gasteiger partial charge in [0.05, 0.1) is 11.8 Å². The van der Waals surface area contributed by atoms with Crippen molar-refractivity contribution >= 4 is 27.7 Å². The van der Waals surface area contributed by atoms with Crippen molar-refractivity contribution in [3.05, 3.63) is 24.7 Å². The SMILES string of the molecule is O=[P+](O)O[P+](=O)O.c1cnc2nc[nH]c2c1. The molecule has 0 saturated heterocycles. The third-order valence-corrected chi connectivity index (χ3v) is 2.45. The van der Waals surface area contributed by atoms with Crippen LogP contribution in [0.1, 0.15) is 0 Å². The van der Waals surface area contributed by atoms with Gasteiger partial charge in [-0.3, -0.25) is 0 Å². The maximum absolute atomic E-state index is 9.39. The van der Waals surface area contributed by atoms with E-state index in [1.165, 1.54) is 0 Å². The van der Waals surface area contributed by atoms with Crippen LogP contribution in [0.15, 0.2) is 24.7 Å². The molecule has 8 nitrogen and oxygen atoms in total. The van der Waals surface area contributed by atoms with Crippen LogP contribution in [0.2, 0.25) is 0 Å². The maximum atomic E-state index is 9.39. The lowest BCUT2D eigenvalue weighted by Crippen LogP contribution is -1.71. The minimum atomic E-state index is -2.92. The predicted octanol–water partition coefficient (Wildman–Crippen LogP) is 1.26. The molecular formula is C6H7N3O5P2+2. The first-order chi connectivity index (χ1) is 7.59. The van der Waals surface area contributed by atoms with Crippen molar-refractivity contribution in [3.63, 3.8) is 0 Å². The third kappa shape index (κ3) is 4.48. The van der Waals surface area contributed by atoms with Crippen LogP contribution in [0, 0.1) is 0 Å². The normalized spacial score (nSPS) is 11.6. The molecule has 2 unspecified atom stereocenters. The minimum Gasteiger partial charge on any atom is -0.343 e. The molecule has 2 aromatic heterocycles. The molecule has 2 atom stereocenters. The van der Waals surface area contributed by atoms with Crippen molar-refractivity contribution in [1.29, 1.82) is 0 Å².